The van der Waals surface area contributed by atoms with E-state index in [-0.39, 0.29) is 5.91 Å². The van der Waals surface area contributed by atoms with Gasteiger partial charge in [-0.05, 0) is 24.1 Å². The van der Waals surface area contributed by atoms with Gasteiger partial charge in [0.15, 0.2) is 5.13 Å². The Kier molecular flexibility index (Phi) is 3.28. The summed E-state index contributed by atoms with van der Waals surface area (Å²) in [5.74, 6) is 0.297. The van der Waals surface area contributed by atoms with E-state index >= 15 is 0 Å². The van der Waals surface area contributed by atoms with Gasteiger partial charge in [0.05, 0.1) is 0 Å². The predicted octanol–water partition coefficient (Wildman–Crippen LogP) is 4.00. The predicted molar refractivity (Wildman–Crippen MR) is 82.5 cm³/mol. The number of amides is 1. The fourth-order valence-corrected chi connectivity index (χ4v) is 2.87. The van der Waals surface area contributed by atoms with Crippen molar-refractivity contribution in [1.82, 2.24) is 9.97 Å². The molecule has 0 radical (unpaired) electrons. The van der Waals surface area contributed by atoms with Crippen molar-refractivity contribution in [2.45, 2.75) is 19.8 Å². The highest BCUT2D eigenvalue weighted by Gasteiger charge is 2.13. The molecular weight excluding hydrogens is 270 g/mol. The summed E-state index contributed by atoms with van der Waals surface area (Å²) in [5.41, 5.74) is 1.62. The lowest BCUT2D eigenvalue weighted by atomic mass is 10.1. The number of aromatic nitrogens is 2. The molecule has 0 fully saturated rings. The van der Waals surface area contributed by atoms with Crippen molar-refractivity contribution in [1.29, 1.82) is 0 Å². The average molecular weight is 285 g/mol. The zero-order chi connectivity index (χ0) is 14.1. The number of anilines is 1. The molecule has 3 aromatic rings. The van der Waals surface area contributed by atoms with Gasteiger partial charge in [-0.25, -0.2) is 4.98 Å². The van der Waals surface area contributed by atoms with Crippen LogP contribution in [0.5, 0.6) is 0 Å². The monoisotopic (exact) mass is 285 g/mol. The molecule has 0 saturated carbocycles. The maximum absolute atomic E-state index is 12.3. The Bertz CT molecular complexity index is 757. The van der Waals surface area contributed by atoms with Gasteiger partial charge in [-0.1, -0.05) is 19.9 Å². The van der Waals surface area contributed by atoms with Gasteiger partial charge < -0.3 is 4.98 Å². The molecule has 2 N–H and O–H groups in total. The second kappa shape index (κ2) is 5.09. The van der Waals surface area contributed by atoms with Crippen molar-refractivity contribution in [2.75, 3.05) is 5.32 Å². The van der Waals surface area contributed by atoms with Crippen LogP contribution in [0.25, 0.3) is 10.9 Å². The molecule has 20 heavy (non-hydrogen) atoms. The first kappa shape index (κ1) is 12.9. The molecule has 4 nitrogen and oxygen atoms in total. The van der Waals surface area contributed by atoms with E-state index in [1.165, 1.54) is 16.2 Å². The Hall–Kier alpha value is -2.14. The van der Waals surface area contributed by atoms with E-state index < -0.39 is 0 Å². The van der Waals surface area contributed by atoms with E-state index in [0.717, 1.165) is 10.9 Å². The van der Waals surface area contributed by atoms with Crippen LogP contribution in [0.2, 0.25) is 0 Å². The summed E-state index contributed by atoms with van der Waals surface area (Å²) in [5, 5.41) is 4.44. The van der Waals surface area contributed by atoms with Crippen LogP contribution in [0.4, 0.5) is 5.13 Å². The van der Waals surface area contributed by atoms with Crippen molar-refractivity contribution in [3.05, 3.63) is 47.1 Å². The third kappa shape index (κ3) is 2.32. The highest BCUT2D eigenvalue weighted by molar-refractivity contribution is 7.15. The Morgan fingerprint density at radius 1 is 1.35 bits per heavy atom. The molecule has 0 bridgehead atoms. The minimum absolute atomic E-state index is 0.125. The first-order valence-corrected chi connectivity index (χ1v) is 7.30. The van der Waals surface area contributed by atoms with Crippen LogP contribution in [-0.4, -0.2) is 15.9 Å². The Morgan fingerprint density at radius 3 is 2.95 bits per heavy atom. The van der Waals surface area contributed by atoms with Crippen molar-refractivity contribution in [2.24, 2.45) is 0 Å². The van der Waals surface area contributed by atoms with Crippen LogP contribution >= 0.6 is 11.3 Å². The number of nitrogens with one attached hydrogen (secondary N) is 2. The van der Waals surface area contributed by atoms with Crippen molar-refractivity contribution < 1.29 is 4.79 Å². The van der Waals surface area contributed by atoms with Gasteiger partial charge >= 0.3 is 0 Å². The standard InChI is InChI=1S/C15H15N3OS/c1-9(2)13-8-17-15(20-13)18-14(19)11-4-3-5-12-10(11)6-7-16-12/h3-9,16H,1-2H3,(H,17,18,19). The van der Waals surface area contributed by atoms with Crippen molar-refractivity contribution in [3.8, 4) is 0 Å². The largest absolute Gasteiger partial charge is 0.361 e. The van der Waals surface area contributed by atoms with Gasteiger partial charge in [0.1, 0.15) is 0 Å². The SMILES string of the molecule is CC(C)c1cnc(NC(=O)c2cccc3[nH]ccc23)s1. The third-order valence-corrected chi connectivity index (χ3v) is 4.37. The number of carbonyl (C=O) groups is 1. The summed E-state index contributed by atoms with van der Waals surface area (Å²) >= 11 is 1.52. The number of carbonyl (C=O) groups excluding carboxylic acids is 1. The fraction of sp³-hybridized carbons (Fsp3) is 0.200. The van der Waals surface area contributed by atoms with Crippen LogP contribution in [0.1, 0.15) is 35.0 Å². The van der Waals surface area contributed by atoms with Crippen molar-refractivity contribution in [3.63, 3.8) is 0 Å². The number of hydrogen-bond acceptors (Lipinski definition) is 3. The summed E-state index contributed by atoms with van der Waals surface area (Å²) < 4.78 is 0. The average Bonchev–Trinajstić information content (AvgIpc) is 3.05. The molecule has 2 aromatic heterocycles. The summed E-state index contributed by atoms with van der Waals surface area (Å²) in [6, 6.07) is 7.55. The topological polar surface area (TPSA) is 57.8 Å². The first-order valence-electron chi connectivity index (χ1n) is 6.48. The molecule has 1 amide bonds. The number of aromatic amines is 1. The second-order valence-corrected chi connectivity index (χ2v) is 5.98. The number of fused-ring (bicyclic) bond motifs is 1. The third-order valence-electron chi connectivity index (χ3n) is 3.15. The molecule has 2 heterocycles. The van der Waals surface area contributed by atoms with Crippen LogP contribution < -0.4 is 5.32 Å². The number of hydrogen-bond donors (Lipinski definition) is 2. The summed E-state index contributed by atoms with van der Waals surface area (Å²) in [7, 11) is 0. The van der Waals surface area contributed by atoms with E-state index in [0.29, 0.717) is 16.6 Å². The molecule has 0 saturated heterocycles. The van der Waals surface area contributed by atoms with E-state index in [9.17, 15) is 4.79 Å². The van der Waals surface area contributed by atoms with E-state index in [1.54, 1.807) is 0 Å². The van der Waals surface area contributed by atoms with E-state index in [4.69, 9.17) is 0 Å². The summed E-state index contributed by atoms with van der Waals surface area (Å²) in [6.45, 7) is 4.22. The zero-order valence-corrected chi connectivity index (χ0v) is 12.1. The Morgan fingerprint density at radius 2 is 2.20 bits per heavy atom. The molecule has 3 rings (SSSR count). The second-order valence-electron chi connectivity index (χ2n) is 4.92. The molecule has 0 aliphatic carbocycles. The number of thiazole rings is 1. The smallest absolute Gasteiger partial charge is 0.258 e. The lowest BCUT2D eigenvalue weighted by molar-refractivity contribution is 0.102. The molecule has 1 aromatic carbocycles. The maximum atomic E-state index is 12.3. The van der Waals surface area contributed by atoms with Gasteiger partial charge in [-0.3, -0.25) is 10.1 Å². The Labute approximate surface area is 120 Å². The van der Waals surface area contributed by atoms with Crippen LogP contribution in [0.15, 0.2) is 36.7 Å². The molecule has 102 valence electrons. The van der Waals surface area contributed by atoms with Crippen LogP contribution in [-0.2, 0) is 0 Å². The molecule has 5 heteroatoms. The van der Waals surface area contributed by atoms with Gasteiger partial charge in [0, 0.05) is 33.7 Å². The van der Waals surface area contributed by atoms with Gasteiger partial charge in [0.2, 0.25) is 0 Å². The number of nitrogens with zero attached hydrogens (tertiary/aromatic N) is 1. The van der Waals surface area contributed by atoms with E-state index in [1.807, 2.05) is 36.7 Å². The zero-order valence-electron chi connectivity index (χ0n) is 11.3. The lowest BCUT2D eigenvalue weighted by Gasteiger charge is -2.03. The highest BCUT2D eigenvalue weighted by atomic mass is 32.1. The number of benzene rings is 1. The molecule has 0 unspecified atom stereocenters. The number of rotatable bonds is 3. The van der Waals surface area contributed by atoms with Gasteiger partial charge in [-0.15, -0.1) is 11.3 Å². The van der Waals surface area contributed by atoms with E-state index in [2.05, 4.69) is 29.1 Å². The van der Waals surface area contributed by atoms with Crippen LogP contribution in [0.3, 0.4) is 0 Å². The highest BCUT2D eigenvalue weighted by Crippen LogP contribution is 2.26. The summed E-state index contributed by atoms with van der Waals surface area (Å²) in [4.78, 5) is 20.9. The minimum Gasteiger partial charge on any atom is -0.361 e. The molecule has 0 atom stereocenters. The minimum atomic E-state index is -0.125. The Balaban J connectivity index is 1.87. The molecule has 0 aliphatic heterocycles. The first-order chi connectivity index (χ1) is 9.65. The molecular formula is C15H15N3OS. The van der Waals surface area contributed by atoms with Gasteiger partial charge in [0.25, 0.3) is 5.91 Å². The summed E-state index contributed by atoms with van der Waals surface area (Å²) in [6.07, 6.45) is 3.66. The lowest BCUT2D eigenvalue weighted by Crippen LogP contribution is -2.11. The molecule has 0 aliphatic rings. The van der Waals surface area contributed by atoms with Crippen molar-refractivity contribution >= 4 is 33.3 Å². The maximum Gasteiger partial charge on any atom is 0.258 e. The van der Waals surface area contributed by atoms with Crippen LogP contribution in [0, 0.1) is 0 Å². The quantitative estimate of drug-likeness (QED) is 0.764. The normalized spacial score (nSPS) is 11.2. The fourth-order valence-electron chi connectivity index (χ4n) is 2.06. The number of H-pyrrole nitrogens is 1. The molecule has 0 spiro atoms. The van der Waals surface area contributed by atoms with Gasteiger partial charge in [-0.2, -0.15) is 0 Å².